The molecule has 0 aliphatic heterocycles. The van der Waals surface area contributed by atoms with Gasteiger partial charge >= 0.3 is 0 Å². The molecule has 0 aliphatic rings. The number of aliphatic hydroxyl groups is 2. The monoisotopic (exact) mass is 342 g/mol. The largest absolute Gasteiger partial charge is 0.396 e. The van der Waals surface area contributed by atoms with Crippen molar-refractivity contribution < 1.29 is 10.2 Å². The van der Waals surface area contributed by atoms with Crippen molar-refractivity contribution >= 4 is 0 Å². The fourth-order valence-corrected chi connectivity index (χ4v) is 3.62. The van der Waals surface area contributed by atoms with Gasteiger partial charge in [0.2, 0.25) is 0 Å². The van der Waals surface area contributed by atoms with Gasteiger partial charge in [0.1, 0.15) is 0 Å². The van der Waals surface area contributed by atoms with Crippen molar-refractivity contribution in [2.45, 2.75) is 122 Å². The van der Waals surface area contributed by atoms with Crippen LogP contribution in [0.3, 0.4) is 0 Å². The van der Waals surface area contributed by atoms with Gasteiger partial charge in [0, 0.05) is 13.2 Å². The van der Waals surface area contributed by atoms with E-state index in [1.165, 1.54) is 103 Å². The average Bonchev–Trinajstić information content (AvgIpc) is 2.59. The minimum Gasteiger partial charge on any atom is -0.396 e. The first-order valence-electron chi connectivity index (χ1n) is 11.1. The molecule has 24 heavy (non-hydrogen) atoms. The molecule has 0 radical (unpaired) electrons. The zero-order chi connectivity index (χ0) is 17.7. The third kappa shape index (κ3) is 18.3. The number of unbranched alkanes of at least 4 members (excludes halogenated alkanes) is 12. The lowest BCUT2D eigenvalue weighted by molar-refractivity contribution is 0.271. The Morgan fingerprint density at radius 2 is 0.792 bits per heavy atom. The topological polar surface area (TPSA) is 40.5 Å². The maximum Gasteiger partial charge on any atom is 0.0431 e. The molecule has 0 aromatic rings. The molecule has 2 N–H and O–H groups in total. The van der Waals surface area contributed by atoms with Crippen LogP contribution < -0.4 is 0 Å². The highest BCUT2D eigenvalue weighted by Gasteiger charge is 2.08. The van der Waals surface area contributed by atoms with Gasteiger partial charge in [0.15, 0.2) is 0 Å². The van der Waals surface area contributed by atoms with E-state index in [1.807, 2.05) is 0 Å². The van der Waals surface area contributed by atoms with Crippen LogP contribution >= 0.6 is 0 Å². The summed E-state index contributed by atoms with van der Waals surface area (Å²) in [5.74, 6) is 0.884. The maximum absolute atomic E-state index is 8.99. The van der Waals surface area contributed by atoms with E-state index in [2.05, 4.69) is 6.92 Å². The summed E-state index contributed by atoms with van der Waals surface area (Å²) in [5, 5.41) is 17.8. The number of rotatable bonds is 20. The van der Waals surface area contributed by atoms with Crippen LogP contribution in [0.15, 0.2) is 0 Å². The molecule has 0 rings (SSSR count). The summed E-state index contributed by atoms with van der Waals surface area (Å²) < 4.78 is 0. The van der Waals surface area contributed by atoms with Crippen LogP contribution in [-0.2, 0) is 0 Å². The summed E-state index contributed by atoms with van der Waals surface area (Å²) in [6.45, 7) is 2.98. The minimum absolute atomic E-state index is 0.349. The maximum atomic E-state index is 8.99. The van der Waals surface area contributed by atoms with Gasteiger partial charge in [-0.25, -0.2) is 0 Å². The molecule has 0 aromatic heterocycles. The molecule has 0 saturated heterocycles. The second-order valence-corrected chi connectivity index (χ2v) is 7.63. The van der Waals surface area contributed by atoms with Crippen molar-refractivity contribution in [2.24, 2.45) is 5.92 Å². The van der Waals surface area contributed by atoms with E-state index >= 15 is 0 Å². The second-order valence-electron chi connectivity index (χ2n) is 7.63. The fourth-order valence-electron chi connectivity index (χ4n) is 3.62. The van der Waals surface area contributed by atoms with E-state index in [-0.39, 0.29) is 0 Å². The molecule has 2 nitrogen and oxygen atoms in total. The first-order chi connectivity index (χ1) is 11.8. The SMILES string of the molecule is CCCCCCCCCCC(CCCCO)CCCCCCCO. The Hall–Kier alpha value is -0.0800. The van der Waals surface area contributed by atoms with Gasteiger partial charge in [-0.05, 0) is 18.8 Å². The smallest absolute Gasteiger partial charge is 0.0431 e. The van der Waals surface area contributed by atoms with Crippen molar-refractivity contribution in [3.8, 4) is 0 Å². The van der Waals surface area contributed by atoms with Crippen molar-refractivity contribution in [3.63, 3.8) is 0 Å². The van der Waals surface area contributed by atoms with Crippen molar-refractivity contribution in [1.29, 1.82) is 0 Å². The zero-order valence-electron chi connectivity index (χ0n) is 16.6. The van der Waals surface area contributed by atoms with E-state index < -0.39 is 0 Å². The molecular formula is C22H46O2. The highest BCUT2D eigenvalue weighted by Crippen LogP contribution is 2.24. The predicted molar refractivity (Wildman–Crippen MR) is 106 cm³/mol. The summed E-state index contributed by atoms with van der Waals surface area (Å²) in [5.41, 5.74) is 0. The van der Waals surface area contributed by atoms with Crippen molar-refractivity contribution in [1.82, 2.24) is 0 Å². The normalized spacial score (nSPS) is 12.6. The van der Waals surface area contributed by atoms with Gasteiger partial charge in [0.25, 0.3) is 0 Å². The molecule has 1 atom stereocenters. The molecule has 0 aliphatic carbocycles. The Bertz CT molecular complexity index is 218. The summed E-state index contributed by atoms with van der Waals surface area (Å²) in [6.07, 6.45) is 23.7. The Kier molecular flexibility index (Phi) is 20.9. The first-order valence-corrected chi connectivity index (χ1v) is 11.1. The van der Waals surface area contributed by atoms with E-state index in [4.69, 9.17) is 10.2 Å². The fraction of sp³-hybridized carbons (Fsp3) is 1.00. The molecule has 0 amide bonds. The molecule has 2 heteroatoms. The Labute approximate surface area is 152 Å². The van der Waals surface area contributed by atoms with Gasteiger partial charge in [-0.2, -0.15) is 0 Å². The summed E-state index contributed by atoms with van der Waals surface area (Å²) in [7, 11) is 0. The zero-order valence-corrected chi connectivity index (χ0v) is 16.6. The standard InChI is InChI=1S/C22H46O2/c1-2-3-4-5-6-7-9-12-17-22(19-14-16-21-24)18-13-10-8-11-15-20-23/h22-24H,2-21H2,1H3. The van der Waals surface area contributed by atoms with Crippen molar-refractivity contribution in [3.05, 3.63) is 0 Å². The van der Waals surface area contributed by atoms with Gasteiger partial charge < -0.3 is 10.2 Å². The summed E-state index contributed by atoms with van der Waals surface area (Å²) in [4.78, 5) is 0. The first kappa shape index (κ1) is 23.9. The second kappa shape index (κ2) is 21.0. The van der Waals surface area contributed by atoms with Crippen LogP contribution in [0.4, 0.5) is 0 Å². The van der Waals surface area contributed by atoms with E-state index in [0.717, 1.165) is 18.8 Å². The Morgan fingerprint density at radius 3 is 1.25 bits per heavy atom. The predicted octanol–water partition coefficient (Wildman–Crippen LogP) is 6.63. The minimum atomic E-state index is 0.349. The average molecular weight is 343 g/mol. The quantitative estimate of drug-likeness (QED) is 0.244. The highest BCUT2D eigenvalue weighted by atomic mass is 16.3. The molecule has 1 unspecified atom stereocenters. The third-order valence-electron chi connectivity index (χ3n) is 5.26. The van der Waals surface area contributed by atoms with E-state index in [0.29, 0.717) is 13.2 Å². The van der Waals surface area contributed by atoms with Crippen LogP contribution in [0.1, 0.15) is 122 Å². The molecule has 146 valence electrons. The van der Waals surface area contributed by atoms with E-state index in [1.54, 1.807) is 0 Å². The molecular weight excluding hydrogens is 296 g/mol. The molecule has 0 heterocycles. The summed E-state index contributed by atoms with van der Waals surface area (Å²) >= 11 is 0. The number of hydrogen-bond acceptors (Lipinski definition) is 2. The molecule has 0 fully saturated rings. The van der Waals surface area contributed by atoms with Crippen LogP contribution in [0.2, 0.25) is 0 Å². The lowest BCUT2D eigenvalue weighted by Crippen LogP contribution is -2.02. The van der Waals surface area contributed by atoms with Crippen molar-refractivity contribution in [2.75, 3.05) is 13.2 Å². The highest BCUT2D eigenvalue weighted by molar-refractivity contribution is 4.62. The molecule has 0 spiro atoms. The van der Waals surface area contributed by atoms with Gasteiger partial charge in [-0.3, -0.25) is 0 Å². The summed E-state index contributed by atoms with van der Waals surface area (Å²) in [6, 6.07) is 0. The Morgan fingerprint density at radius 1 is 0.458 bits per heavy atom. The Balaban J connectivity index is 3.63. The number of hydrogen-bond donors (Lipinski definition) is 2. The third-order valence-corrected chi connectivity index (χ3v) is 5.26. The van der Waals surface area contributed by atoms with Gasteiger partial charge in [-0.15, -0.1) is 0 Å². The van der Waals surface area contributed by atoms with Crippen LogP contribution in [0.25, 0.3) is 0 Å². The lowest BCUT2D eigenvalue weighted by Gasteiger charge is -2.17. The molecule has 0 bridgehead atoms. The lowest BCUT2D eigenvalue weighted by atomic mass is 9.90. The number of aliphatic hydroxyl groups excluding tert-OH is 2. The van der Waals surface area contributed by atoms with Gasteiger partial charge in [-0.1, -0.05) is 110 Å². The molecule has 0 aromatic carbocycles. The van der Waals surface area contributed by atoms with E-state index in [9.17, 15) is 0 Å². The van der Waals surface area contributed by atoms with Crippen LogP contribution in [0, 0.1) is 5.92 Å². The molecule has 0 saturated carbocycles. The van der Waals surface area contributed by atoms with Gasteiger partial charge in [0.05, 0.1) is 0 Å². The van der Waals surface area contributed by atoms with Crippen LogP contribution in [-0.4, -0.2) is 23.4 Å². The van der Waals surface area contributed by atoms with Crippen LogP contribution in [0.5, 0.6) is 0 Å².